The molecule has 0 aliphatic rings. The van der Waals surface area contributed by atoms with Crippen molar-refractivity contribution in [2.24, 2.45) is 0 Å². The molecular weight excluding hydrogens is 238 g/mol. The summed E-state index contributed by atoms with van der Waals surface area (Å²) in [6, 6.07) is 10.3. The lowest BCUT2D eigenvalue weighted by atomic mass is 10.2. The molecule has 2 rings (SSSR count). The van der Waals surface area contributed by atoms with E-state index in [-0.39, 0.29) is 0 Å². The maximum Gasteiger partial charge on any atom is 0.225 e. The van der Waals surface area contributed by atoms with Crippen LogP contribution in [-0.2, 0) is 11.3 Å². The lowest BCUT2D eigenvalue weighted by Crippen LogP contribution is -2.28. The minimum Gasteiger partial charge on any atom is -0.383 e. The first-order valence-corrected chi connectivity index (χ1v) is 6.36. The number of aromatic nitrogens is 2. The number of rotatable bonds is 6. The number of benzene rings is 1. The smallest absolute Gasteiger partial charge is 0.225 e. The number of nitrogens with zero attached hydrogens (tertiary/aromatic N) is 3. The Bertz CT molecular complexity index is 485. The summed E-state index contributed by atoms with van der Waals surface area (Å²) in [5.41, 5.74) is 2.30. The maximum atomic E-state index is 5.16. The van der Waals surface area contributed by atoms with Gasteiger partial charge in [-0.3, -0.25) is 0 Å². The van der Waals surface area contributed by atoms with E-state index in [1.165, 1.54) is 5.56 Å². The van der Waals surface area contributed by atoms with Crippen LogP contribution in [0.1, 0.15) is 11.1 Å². The van der Waals surface area contributed by atoms with Crippen LogP contribution < -0.4 is 4.90 Å². The van der Waals surface area contributed by atoms with Gasteiger partial charge in [-0.2, -0.15) is 0 Å². The molecule has 1 aromatic heterocycles. The number of hydrogen-bond donors (Lipinski definition) is 0. The van der Waals surface area contributed by atoms with Gasteiger partial charge in [0.15, 0.2) is 0 Å². The van der Waals surface area contributed by atoms with Gasteiger partial charge in [-0.1, -0.05) is 30.3 Å². The fraction of sp³-hybridized carbons (Fsp3) is 0.333. The number of aryl methyl sites for hydroxylation is 1. The summed E-state index contributed by atoms with van der Waals surface area (Å²) in [7, 11) is 1.71. The van der Waals surface area contributed by atoms with Crippen molar-refractivity contribution in [3.05, 3.63) is 53.9 Å². The molecule has 0 aliphatic heterocycles. The van der Waals surface area contributed by atoms with Crippen molar-refractivity contribution >= 4 is 5.95 Å². The SMILES string of the molecule is COCCN(Cc1ccccc1)c1ncc(C)cn1. The van der Waals surface area contributed by atoms with E-state index in [4.69, 9.17) is 4.74 Å². The molecule has 0 unspecified atom stereocenters. The van der Waals surface area contributed by atoms with Gasteiger partial charge < -0.3 is 9.64 Å². The second kappa shape index (κ2) is 6.85. The highest BCUT2D eigenvalue weighted by Crippen LogP contribution is 2.11. The largest absolute Gasteiger partial charge is 0.383 e. The van der Waals surface area contributed by atoms with Gasteiger partial charge in [0.25, 0.3) is 0 Å². The lowest BCUT2D eigenvalue weighted by molar-refractivity contribution is 0.204. The van der Waals surface area contributed by atoms with Gasteiger partial charge in [-0.05, 0) is 18.1 Å². The molecule has 1 heterocycles. The molecule has 19 heavy (non-hydrogen) atoms. The van der Waals surface area contributed by atoms with Crippen molar-refractivity contribution < 1.29 is 4.74 Å². The quantitative estimate of drug-likeness (QED) is 0.796. The third kappa shape index (κ3) is 4.03. The zero-order valence-corrected chi connectivity index (χ0v) is 11.4. The van der Waals surface area contributed by atoms with Crippen LogP contribution in [0.15, 0.2) is 42.7 Å². The Morgan fingerprint density at radius 1 is 1.11 bits per heavy atom. The Labute approximate surface area is 114 Å². The van der Waals surface area contributed by atoms with Gasteiger partial charge >= 0.3 is 0 Å². The molecule has 4 heteroatoms. The predicted molar refractivity (Wildman–Crippen MR) is 76.1 cm³/mol. The number of hydrogen-bond acceptors (Lipinski definition) is 4. The van der Waals surface area contributed by atoms with Gasteiger partial charge in [-0.25, -0.2) is 9.97 Å². The molecule has 0 aliphatic carbocycles. The van der Waals surface area contributed by atoms with E-state index in [0.717, 1.165) is 24.6 Å². The second-order valence-electron chi connectivity index (χ2n) is 4.46. The van der Waals surface area contributed by atoms with Gasteiger partial charge in [0, 0.05) is 32.6 Å². The van der Waals surface area contributed by atoms with Crippen LogP contribution in [0.25, 0.3) is 0 Å². The summed E-state index contributed by atoms with van der Waals surface area (Å²) in [6.07, 6.45) is 3.68. The summed E-state index contributed by atoms with van der Waals surface area (Å²) >= 11 is 0. The van der Waals surface area contributed by atoms with Gasteiger partial charge in [0.2, 0.25) is 5.95 Å². The number of anilines is 1. The van der Waals surface area contributed by atoms with E-state index in [9.17, 15) is 0 Å². The zero-order valence-electron chi connectivity index (χ0n) is 11.4. The monoisotopic (exact) mass is 257 g/mol. The van der Waals surface area contributed by atoms with Crippen molar-refractivity contribution in [2.45, 2.75) is 13.5 Å². The molecule has 100 valence electrons. The van der Waals surface area contributed by atoms with E-state index < -0.39 is 0 Å². The van der Waals surface area contributed by atoms with Crippen LogP contribution in [0.2, 0.25) is 0 Å². The standard InChI is InChI=1S/C15H19N3O/c1-13-10-16-15(17-11-13)18(8-9-19-2)12-14-6-4-3-5-7-14/h3-7,10-11H,8-9,12H2,1-2H3. The molecule has 0 spiro atoms. The molecular formula is C15H19N3O. The van der Waals surface area contributed by atoms with Crippen LogP contribution in [0.3, 0.4) is 0 Å². The van der Waals surface area contributed by atoms with Crippen molar-refractivity contribution in [3.8, 4) is 0 Å². The summed E-state index contributed by atoms with van der Waals surface area (Å²) in [5.74, 6) is 0.742. The number of ether oxygens (including phenoxy) is 1. The molecule has 0 saturated heterocycles. The van der Waals surface area contributed by atoms with Crippen molar-refractivity contribution in [3.63, 3.8) is 0 Å². The Morgan fingerprint density at radius 2 is 1.79 bits per heavy atom. The molecule has 0 saturated carbocycles. The van der Waals surface area contributed by atoms with Crippen LogP contribution in [0.5, 0.6) is 0 Å². The highest BCUT2D eigenvalue weighted by Gasteiger charge is 2.09. The van der Waals surface area contributed by atoms with Crippen LogP contribution >= 0.6 is 0 Å². The number of methoxy groups -OCH3 is 1. The minimum absolute atomic E-state index is 0.657. The molecule has 1 aromatic carbocycles. The third-order valence-electron chi connectivity index (χ3n) is 2.83. The first kappa shape index (κ1) is 13.5. The fourth-order valence-corrected chi connectivity index (χ4v) is 1.80. The van der Waals surface area contributed by atoms with Crippen molar-refractivity contribution in [1.29, 1.82) is 0 Å². The molecule has 2 aromatic rings. The molecule has 0 radical (unpaired) electrons. The summed E-state index contributed by atoms with van der Waals surface area (Å²) < 4.78 is 5.16. The van der Waals surface area contributed by atoms with E-state index in [1.54, 1.807) is 7.11 Å². The van der Waals surface area contributed by atoms with Gasteiger partial charge in [-0.15, -0.1) is 0 Å². The molecule has 0 bridgehead atoms. The first-order valence-electron chi connectivity index (χ1n) is 6.36. The maximum absolute atomic E-state index is 5.16. The highest BCUT2D eigenvalue weighted by molar-refractivity contribution is 5.32. The molecule has 0 atom stereocenters. The first-order chi connectivity index (χ1) is 9.29. The predicted octanol–water partition coefficient (Wildman–Crippen LogP) is 2.44. The summed E-state index contributed by atoms with van der Waals surface area (Å²) in [5, 5.41) is 0. The molecule has 0 amide bonds. The average molecular weight is 257 g/mol. The van der Waals surface area contributed by atoms with Gasteiger partial charge in [0.1, 0.15) is 0 Å². The van der Waals surface area contributed by atoms with Crippen LogP contribution in [0, 0.1) is 6.92 Å². The minimum atomic E-state index is 0.657. The van der Waals surface area contributed by atoms with E-state index in [1.807, 2.05) is 37.5 Å². The van der Waals surface area contributed by atoms with E-state index in [0.29, 0.717) is 6.61 Å². The zero-order chi connectivity index (χ0) is 13.5. The Hall–Kier alpha value is -1.94. The topological polar surface area (TPSA) is 38.2 Å². The molecule has 0 fully saturated rings. The van der Waals surface area contributed by atoms with Gasteiger partial charge in [0.05, 0.1) is 6.61 Å². The second-order valence-corrected chi connectivity index (χ2v) is 4.46. The average Bonchev–Trinajstić information content (AvgIpc) is 2.45. The van der Waals surface area contributed by atoms with Crippen molar-refractivity contribution in [1.82, 2.24) is 9.97 Å². The normalized spacial score (nSPS) is 10.4. The van der Waals surface area contributed by atoms with E-state index >= 15 is 0 Å². The highest BCUT2D eigenvalue weighted by atomic mass is 16.5. The Kier molecular flexibility index (Phi) is 4.86. The molecule has 4 nitrogen and oxygen atoms in total. The summed E-state index contributed by atoms with van der Waals surface area (Å²) in [4.78, 5) is 10.9. The van der Waals surface area contributed by atoms with E-state index in [2.05, 4.69) is 27.0 Å². The van der Waals surface area contributed by atoms with Crippen LogP contribution in [0.4, 0.5) is 5.95 Å². The molecule has 0 N–H and O–H groups in total. The summed E-state index contributed by atoms with van der Waals surface area (Å²) in [6.45, 7) is 4.20. The Morgan fingerprint density at radius 3 is 2.42 bits per heavy atom. The third-order valence-corrected chi connectivity index (χ3v) is 2.83. The van der Waals surface area contributed by atoms with Crippen LogP contribution in [-0.4, -0.2) is 30.2 Å². The van der Waals surface area contributed by atoms with Crippen molar-refractivity contribution in [2.75, 3.05) is 25.2 Å². The fourth-order valence-electron chi connectivity index (χ4n) is 1.80. The lowest BCUT2D eigenvalue weighted by Gasteiger charge is -2.22. The Balaban J connectivity index is 2.13.